The summed E-state index contributed by atoms with van der Waals surface area (Å²) in [7, 11) is 0. The minimum atomic E-state index is -0.500. The highest BCUT2D eigenvalue weighted by molar-refractivity contribution is 5.61. The highest BCUT2D eigenvalue weighted by Gasteiger charge is 2.23. The largest absolute Gasteiger partial charge is 0.508 e. The highest BCUT2D eigenvalue weighted by atomic mass is 16.8. The van der Waals surface area contributed by atoms with E-state index in [1.54, 1.807) is 0 Å². The van der Waals surface area contributed by atoms with Crippen molar-refractivity contribution in [1.82, 2.24) is 0 Å². The van der Waals surface area contributed by atoms with E-state index in [4.69, 9.17) is 14.2 Å². The standard InChI is InChI=1S/C23H36O4/c24-23-26-20-22(27-23)17-13-8-6-4-2-1-3-5-7-9-14-18-25-19-21-15-11-10-12-16-21/h10-12,15-16,22H,1-9,13-14,17-20H2/t22-/m0/s1. The average Bonchev–Trinajstić information content (AvgIpc) is 3.11. The van der Waals surface area contributed by atoms with Crippen molar-refractivity contribution in [3.63, 3.8) is 0 Å². The average molecular weight is 377 g/mol. The quantitative estimate of drug-likeness (QED) is 0.247. The molecule has 2 rings (SSSR count). The van der Waals surface area contributed by atoms with Crippen molar-refractivity contribution in [3.05, 3.63) is 35.9 Å². The molecule has 4 nitrogen and oxygen atoms in total. The number of hydrogen-bond donors (Lipinski definition) is 0. The molecule has 1 atom stereocenters. The minimum Gasteiger partial charge on any atom is -0.430 e. The van der Waals surface area contributed by atoms with Gasteiger partial charge in [-0.1, -0.05) is 88.1 Å². The van der Waals surface area contributed by atoms with E-state index in [0.29, 0.717) is 6.61 Å². The van der Waals surface area contributed by atoms with Crippen LogP contribution in [-0.4, -0.2) is 25.5 Å². The van der Waals surface area contributed by atoms with Crippen molar-refractivity contribution in [2.45, 2.75) is 89.8 Å². The number of carbonyl (C=O) groups is 1. The van der Waals surface area contributed by atoms with Crippen LogP contribution < -0.4 is 0 Å². The van der Waals surface area contributed by atoms with Crippen LogP contribution in [0.3, 0.4) is 0 Å². The number of cyclic esters (lactones) is 2. The van der Waals surface area contributed by atoms with Gasteiger partial charge in [0, 0.05) is 6.61 Å². The number of carbonyl (C=O) groups excluding carboxylic acids is 1. The van der Waals surface area contributed by atoms with Gasteiger partial charge < -0.3 is 14.2 Å². The third-order valence-corrected chi connectivity index (χ3v) is 5.08. The molecule has 0 aromatic heterocycles. The van der Waals surface area contributed by atoms with E-state index in [0.717, 1.165) is 26.1 Å². The van der Waals surface area contributed by atoms with Gasteiger partial charge in [0.2, 0.25) is 0 Å². The number of unbranched alkanes of at least 4 members (excludes halogenated alkanes) is 10. The molecule has 1 heterocycles. The van der Waals surface area contributed by atoms with Crippen LogP contribution in [-0.2, 0) is 20.8 Å². The van der Waals surface area contributed by atoms with Gasteiger partial charge >= 0.3 is 6.16 Å². The van der Waals surface area contributed by atoms with E-state index in [1.165, 1.54) is 69.8 Å². The molecule has 0 bridgehead atoms. The van der Waals surface area contributed by atoms with Crippen molar-refractivity contribution >= 4 is 6.16 Å². The molecule has 27 heavy (non-hydrogen) atoms. The van der Waals surface area contributed by atoms with E-state index in [9.17, 15) is 4.79 Å². The van der Waals surface area contributed by atoms with Gasteiger partial charge in [0.25, 0.3) is 0 Å². The summed E-state index contributed by atoms with van der Waals surface area (Å²) in [5.41, 5.74) is 1.26. The molecule has 0 aliphatic carbocycles. The maximum absolute atomic E-state index is 10.8. The van der Waals surface area contributed by atoms with E-state index in [-0.39, 0.29) is 6.10 Å². The number of benzene rings is 1. The molecule has 0 spiro atoms. The Bertz CT molecular complexity index is 488. The molecule has 1 aromatic rings. The Morgan fingerprint density at radius 1 is 0.815 bits per heavy atom. The summed E-state index contributed by atoms with van der Waals surface area (Å²) in [6, 6.07) is 10.4. The normalized spacial score (nSPS) is 16.3. The third kappa shape index (κ3) is 11.0. The smallest absolute Gasteiger partial charge is 0.430 e. The summed E-state index contributed by atoms with van der Waals surface area (Å²) < 4.78 is 15.5. The fourth-order valence-corrected chi connectivity index (χ4v) is 3.44. The summed E-state index contributed by atoms with van der Waals surface area (Å²) in [5.74, 6) is 0. The van der Waals surface area contributed by atoms with Crippen molar-refractivity contribution in [1.29, 1.82) is 0 Å². The molecule has 0 unspecified atom stereocenters. The summed E-state index contributed by atoms with van der Waals surface area (Å²) >= 11 is 0. The molecule has 4 heteroatoms. The van der Waals surface area contributed by atoms with Gasteiger partial charge in [0.1, 0.15) is 12.7 Å². The SMILES string of the molecule is O=C1OC[C@H](CCCCCCCCCCCCCOCc2ccccc2)O1. The van der Waals surface area contributed by atoms with Gasteiger partial charge in [-0.05, 0) is 24.8 Å². The lowest BCUT2D eigenvalue weighted by molar-refractivity contribution is 0.115. The third-order valence-electron chi connectivity index (χ3n) is 5.08. The Balaban J connectivity index is 1.24. The van der Waals surface area contributed by atoms with E-state index >= 15 is 0 Å². The zero-order valence-corrected chi connectivity index (χ0v) is 16.7. The molecule has 1 saturated heterocycles. The van der Waals surface area contributed by atoms with Crippen LogP contribution in [0.15, 0.2) is 30.3 Å². The molecule has 1 aliphatic rings. The maximum Gasteiger partial charge on any atom is 0.508 e. The van der Waals surface area contributed by atoms with Crippen molar-refractivity contribution in [3.8, 4) is 0 Å². The van der Waals surface area contributed by atoms with Crippen LogP contribution in [0.1, 0.15) is 82.6 Å². The van der Waals surface area contributed by atoms with Gasteiger partial charge in [-0.3, -0.25) is 0 Å². The fourth-order valence-electron chi connectivity index (χ4n) is 3.44. The Morgan fingerprint density at radius 3 is 2.00 bits per heavy atom. The Labute approximate surface area is 164 Å². The summed E-state index contributed by atoms with van der Waals surface area (Å²) in [6.45, 7) is 2.06. The van der Waals surface area contributed by atoms with Gasteiger partial charge in [-0.15, -0.1) is 0 Å². The van der Waals surface area contributed by atoms with Crippen LogP contribution in [0, 0.1) is 0 Å². The van der Waals surface area contributed by atoms with E-state index < -0.39 is 6.16 Å². The number of ether oxygens (including phenoxy) is 3. The monoisotopic (exact) mass is 376 g/mol. The van der Waals surface area contributed by atoms with Crippen LogP contribution >= 0.6 is 0 Å². The first kappa shape index (κ1) is 21.7. The van der Waals surface area contributed by atoms with Gasteiger partial charge in [-0.25, -0.2) is 4.79 Å². The molecular weight excluding hydrogens is 340 g/mol. The lowest BCUT2D eigenvalue weighted by atomic mass is 10.0. The second kappa shape index (κ2) is 14.5. The molecule has 1 aromatic carbocycles. The zero-order chi connectivity index (χ0) is 19.0. The van der Waals surface area contributed by atoms with Gasteiger partial charge in [-0.2, -0.15) is 0 Å². The fraction of sp³-hybridized carbons (Fsp3) is 0.696. The second-order valence-electron chi connectivity index (χ2n) is 7.52. The molecule has 1 aliphatic heterocycles. The first-order chi connectivity index (χ1) is 13.3. The second-order valence-corrected chi connectivity index (χ2v) is 7.52. The van der Waals surface area contributed by atoms with E-state index in [1.807, 2.05) is 6.07 Å². The van der Waals surface area contributed by atoms with Crippen molar-refractivity contribution < 1.29 is 19.0 Å². The van der Waals surface area contributed by atoms with Crippen LogP contribution in [0.4, 0.5) is 4.79 Å². The highest BCUT2D eigenvalue weighted by Crippen LogP contribution is 2.16. The summed E-state index contributed by atoms with van der Waals surface area (Å²) in [4.78, 5) is 10.8. The van der Waals surface area contributed by atoms with E-state index in [2.05, 4.69) is 24.3 Å². The Kier molecular flexibility index (Phi) is 11.7. The first-order valence-electron chi connectivity index (χ1n) is 10.8. The lowest BCUT2D eigenvalue weighted by Gasteiger charge is -2.06. The van der Waals surface area contributed by atoms with Gasteiger partial charge in [0.05, 0.1) is 6.61 Å². The molecule has 1 fully saturated rings. The van der Waals surface area contributed by atoms with Crippen LogP contribution in [0.25, 0.3) is 0 Å². The molecule has 0 saturated carbocycles. The molecule has 0 N–H and O–H groups in total. The van der Waals surface area contributed by atoms with Crippen molar-refractivity contribution in [2.24, 2.45) is 0 Å². The zero-order valence-electron chi connectivity index (χ0n) is 16.7. The van der Waals surface area contributed by atoms with Crippen molar-refractivity contribution in [2.75, 3.05) is 13.2 Å². The summed E-state index contributed by atoms with van der Waals surface area (Å²) in [6.07, 6.45) is 14.6. The van der Waals surface area contributed by atoms with Crippen LogP contribution in [0.2, 0.25) is 0 Å². The molecular formula is C23H36O4. The topological polar surface area (TPSA) is 44.8 Å². The molecule has 0 radical (unpaired) electrons. The lowest BCUT2D eigenvalue weighted by Crippen LogP contribution is -2.09. The number of hydrogen-bond acceptors (Lipinski definition) is 4. The summed E-state index contributed by atoms with van der Waals surface area (Å²) in [5, 5.41) is 0. The maximum atomic E-state index is 10.8. The number of rotatable bonds is 16. The Hall–Kier alpha value is -1.55. The molecule has 0 amide bonds. The Morgan fingerprint density at radius 2 is 1.41 bits per heavy atom. The first-order valence-corrected chi connectivity index (χ1v) is 10.8. The minimum absolute atomic E-state index is 0.00115. The molecule has 152 valence electrons. The van der Waals surface area contributed by atoms with Crippen LogP contribution in [0.5, 0.6) is 0 Å². The van der Waals surface area contributed by atoms with Gasteiger partial charge in [0.15, 0.2) is 0 Å². The predicted molar refractivity (Wildman–Crippen MR) is 108 cm³/mol. The predicted octanol–water partition coefficient (Wildman–Crippen LogP) is 6.42.